The number of imidazole rings is 1. The number of thiazole rings is 1. The van der Waals surface area contributed by atoms with E-state index in [2.05, 4.69) is 9.97 Å². The van der Waals surface area contributed by atoms with E-state index in [0.717, 1.165) is 28.7 Å². The maximum absolute atomic E-state index is 5.46. The van der Waals surface area contributed by atoms with Gasteiger partial charge in [0.1, 0.15) is 10.7 Å². The molecule has 0 atom stereocenters. The molecule has 2 aromatic rings. The Morgan fingerprint density at radius 3 is 3.06 bits per heavy atom. The van der Waals surface area contributed by atoms with Gasteiger partial charge in [-0.15, -0.1) is 0 Å². The zero-order chi connectivity index (χ0) is 11.4. The monoisotopic (exact) mass is 238 g/mol. The minimum atomic E-state index is 0.693. The summed E-state index contributed by atoms with van der Waals surface area (Å²) in [7, 11) is 1.64. The van der Waals surface area contributed by atoms with Crippen LogP contribution in [0.4, 0.5) is 0 Å². The molecule has 0 aliphatic carbocycles. The molecule has 0 fully saturated rings. The summed E-state index contributed by atoms with van der Waals surface area (Å²) in [5, 5.41) is 1.68. The number of hydrogen-bond donors (Lipinski definition) is 1. The van der Waals surface area contributed by atoms with Crippen LogP contribution in [-0.2, 0) is 6.54 Å². The van der Waals surface area contributed by atoms with Crippen LogP contribution in [0.15, 0.2) is 18.7 Å². The first kappa shape index (κ1) is 11.1. The Bertz CT molecular complexity index is 451. The number of nitrogens with zero attached hydrogens (tertiary/aromatic N) is 3. The van der Waals surface area contributed by atoms with Gasteiger partial charge in [0, 0.05) is 12.7 Å². The second kappa shape index (κ2) is 5.09. The first-order chi connectivity index (χ1) is 7.83. The molecule has 2 heterocycles. The number of aryl methyl sites for hydroxylation is 1. The molecule has 5 nitrogen and oxygen atoms in total. The Kier molecular flexibility index (Phi) is 3.53. The summed E-state index contributed by atoms with van der Waals surface area (Å²) >= 11 is 1.49. The Balaban J connectivity index is 2.11. The van der Waals surface area contributed by atoms with Gasteiger partial charge >= 0.3 is 0 Å². The predicted octanol–water partition coefficient (Wildman–Crippen LogP) is 1.36. The van der Waals surface area contributed by atoms with Crippen molar-refractivity contribution in [3.63, 3.8) is 0 Å². The Morgan fingerprint density at radius 2 is 2.38 bits per heavy atom. The van der Waals surface area contributed by atoms with Crippen molar-refractivity contribution in [1.82, 2.24) is 14.5 Å². The average Bonchev–Trinajstić information content (AvgIpc) is 2.94. The Hall–Kier alpha value is -1.40. The van der Waals surface area contributed by atoms with Gasteiger partial charge in [-0.05, 0) is 13.0 Å². The van der Waals surface area contributed by atoms with Gasteiger partial charge in [-0.25, -0.2) is 9.97 Å². The van der Waals surface area contributed by atoms with Crippen LogP contribution >= 0.6 is 11.3 Å². The summed E-state index contributed by atoms with van der Waals surface area (Å²) in [4.78, 5) is 8.55. The van der Waals surface area contributed by atoms with Crippen LogP contribution in [0.5, 0.6) is 5.06 Å². The van der Waals surface area contributed by atoms with Gasteiger partial charge in [-0.2, -0.15) is 0 Å². The van der Waals surface area contributed by atoms with Crippen LogP contribution in [0.2, 0.25) is 0 Å². The zero-order valence-corrected chi connectivity index (χ0v) is 9.91. The average molecular weight is 238 g/mol. The molecule has 16 heavy (non-hydrogen) atoms. The summed E-state index contributed by atoms with van der Waals surface area (Å²) in [5.41, 5.74) is 6.34. The van der Waals surface area contributed by atoms with E-state index >= 15 is 0 Å². The Morgan fingerprint density at radius 1 is 1.50 bits per heavy atom. The second-order valence-electron chi connectivity index (χ2n) is 3.33. The SMILES string of the molecule is COc1cnc(-c2cn(CCCN)cn2)s1. The van der Waals surface area contributed by atoms with Gasteiger partial charge < -0.3 is 15.0 Å². The topological polar surface area (TPSA) is 66.0 Å². The minimum absolute atomic E-state index is 0.693. The van der Waals surface area contributed by atoms with Crippen LogP contribution in [0.1, 0.15) is 6.42 Å². The largest absolute Gasteiger partial charge is 0.486 e. The van der Waals surface area contributed by atoms with Gasteiger partial charge in [-0.3, -0.25) is 0 Å². The molecule has 2 N–H and O–H groups in total. The first-order valence-corrected chi connectivity index (χ1v) is 5.87. The number of rotatable bonds is 5. The molecule has 0 saturated heterocycles. The molecular weight excluding hydrogens is 224 g/mol. The van der Waals surface area contributed by atoms with Crippen LogP contribution in [0, 0.1) is 0 Å². The molecule has 6 heteroatoms. The molecule has 0 radical (unpaired) electrons. The van der Waals surface area contributed by atoms with E-state index in [4.69, 9.17) is 10.5 Å². The maximum Gasteiger partial charge on any atom is 0.194 e. The minimum Gasteiger partial charge on any atom is -0.486 e. The molecule has 0 saturated carbocycles. The van der Waals surface area contributed by atoms with Crippen LogP contribution in [0.25, 0.3) is 10.7 Å². The highest BCUT2D eigenvalue weighted by Gasteiger charge is 2.07. The van der Waals surface area contributed by atoms with Crippen molar-refractivity contribution in [2.75, 3.05) is 13.7 Å². The second-order valence-corrected chi connectivity index (χ2v) is 4.32. The standard InChI is InChI=1S/C10H14N4OS/c1-15-9-5-12-10(16-9)8-6-14(7-13-8)4-2-3-11/h5-7H,2-4,11H2,1H3. The fourth-order valence-electron chi connectivity index (χ4n) is 1.34. The van der Waals surface area contributed by atoms with Crippen molar-refractivity contribution in [2.45, 2.75) is 13.0 Å². The van der Waals surface area contributed by atoms with Gasteiger partial charge in [0.25, 0.3) is 0 Å². The van der Waals surface area contributed by atoms with Crippen molar-refractivity contribution < 1.29 is 4.74 Å². The van der Waals surface area contributed by atoms with Crippen LogP contribution in [-0.4, -0.2) is 28.2 Å². The number of aromatic nitrogens is 3. The summed E-state index contributed by atoms with van der Waals surface area (Å²) in [6, 6.07) is 0. The first-order valence-electron chi connectivity index (χ1n) is 5.05. The third-order valence-electron chi connectivity index (χ3n) is 2.16. The molecule has 0 aliphatic rings. The fraction of sp³-hybridized carbons (Fsp3) is 0.400. The van der Waals surface area contributed by atoms with Gasteiger partial charge in [0.15, 0.2) is 5.06 Å². The molecular formula is C10H14N4OS. The van der Waals surface area contributed by atoms with Gasteiger partial charge in [-0.1, -0.05) is 11.3 Å². The molecule has 0 amide bonds. The summed E-state index contributed by atoms with van der Waals surface area (Å²) in [5.74, 6) is 0. The lowest BCUT2D eigenvalue weighted by molar-refractivity contribution is 0.426. The highest BCUT2D eigenvalue weighted by atomic mass is 32.1. The van der Waals surface area contributed by atoms with Gasteiger partial charge in [0.2, 0.25) is 0 Å². The number of nitrogens with two attached hydrogens (primary N) is 1. The van der Waals surface area contributed by atoms with E-state index in [1.165, 1.54) is 11.3 Å². The number of ether oxygens (including phenoxy) is 1. The van der Waals surface area contributed by atoms with Crippen molar-refractivity contribution >= 4 is 11.3 Å². The van der Waals surface area contributed by atoms with Crippen molar-refractivity contribution in [2.24, 2.45) is 5.73 Å². The van der Waals surface area contributed by atoms with Crippen molar-refractivity contribution in [1.29, 1.82) is 0 Å². The molecule has 0 aromatic carbocycles. The summed E-state index contributed by atoms with van der Waals surface area (Å²) < 4.78 is 7.12. The molecule has 0 spiro atoms. The Labute approximate surface area is 97.9 Å². The predicted molar refractivity (Wildman–Crippen MR) is 63.6 cm³/mol. The van der Waals surface area contributed by atoms with Crippen LogP contribution < -0.4 is 10.5 Å². The molecule has 2 aromatic heterocycles. The molecule has 2 rings (SSSR count). The third kappa shape index (κ3) is 2.40. The maximum atomic E-state index is 5.46. The molecule has 0 aliphatic heterocycles. The van der Waals surface area contributed by atoms with Crippen molar-refractivity contribution in [3.05, 3.63) is 18.7 Å². The van der Waals surface area contributed by atoms with E-state index in [0.29, 0.717) is 6.54 Å². The normalized spacial score (nSPS) is 10.6. The van der Waals surface area contributed by atoms with E-state index in [-0.39, 0.29) is 0 Å². The van der Waals surface area contributed by atoms with Crippen molar-refractivity contribution in [3.8, 4) is 15.8 Å². The number of methoxy groups -OCH3 is 1. The van der Waals surface area contributed by atoms with E-state index in [1.807, 2.05) is 10.8 Å². The molecule has 0 unspecified atom stereocenters. The smallest absolute Gasteiger partial charge is 0.194 e. The number of hydrogen-bond acceptors (Lipinski definition) is 5. The highest BCUT2D eigenvalue weighted by molar-refractivity contribution is 7.16. The lowest BCUT2D eigenvalue weighted by Gasteiger charge is -1.97. The molecule has 86 valence electrons. The highest BCUT2D eigenvalue weighted by Crippen LogP contribution is 2.28. The lowest BCUT2D eigenvalue weighted by Crippen LogP contribution is -2.03. The third-order valence-corrected chi connectivity index (χ3v) is 3.14. The lowest BCUT2D eigenvalue weighted by atomic mass is 10.4. The van der Waals surface area contributed by atoms with E-state index in [9.17, 15) is 0 Å². The molecule has 0 bridgehead atoms. The van der Waals surface area contributed by atoms with E-state index < -0.39 is 0 Å². The quantitative estimate of drug-likeness (QED) is 0.854. The summed E-state index contributed by atoms with van der Waals surface area (Å²) in [6.45, 7) is 1.59. The van der Waals surface area contributed by atoms with Gasteiger partial charge in [0.05, 0.1) is 19.6 Å². The van der Waals surface area contributed by atoms with E-state index in [1.54, 1.807) is 19.6 Å². The summed E-state index contributed by atoms with van der Waals surface area (Å²) in [6.07, 6.45) is 6.45. The fourth-order valence-corrected chi connectivity index (χ4v) is 2.03. The zero-order valence-electron chi connectivity index (χ0n) is 9.09. The van der Waals surface area contributed by atoms with Crippen LogP contribution in [0.3, 0.4) is 0 Å².